The Hall–Kier alpha value is -3.47. The Balaban J connectivity index is 1.31. The second-order valence-corrected chi connectivity index (χ2v) is 11.2. The molecule has 11 heteroatoms. The number of nitrogens with one attached hydrogen (secondary N) is 3. The Morgan fingerprint density at radius 3 is 2.59 bits per heavy atom. The van der Waals surface area contributed by atoms with Crippen molar-refractivity contribution in [2.24, 2.45) is 11.8 Å². The number of methoxy groups -OCH3 is 1. The standard InChI is InChI=1S/C28H30ClN3O6S/c1-15-8-9-18(21-11-12-22(29)39-21)14-20(15)16(2)30-26(34)19-7-5-4-6-17(19)10-13-23(33)31-32-27(35)24-25(38-24)28(36)37-3/h4-9,11-12,14-16,20,24-25H,10,13H2,1-3H3,(H,30,34)(H,31,33)(H,32,35)/t15?,16-,20?,24?,25?/m1/s1. The molecule has 0 spiro atoms. The largest absolute Gasteiger partial charge is 0.467 e. The number of carbonyl (C=O) groups is 4. The minimum absolute atomic E-state index is 0.0337. The van der Waals surface area contributed by atoms with E-state index in [1.807, 2.05) is 25.1 Å². The maximum atomic E-state index is 13.3. The van der Waals surface area contributed by atoms with Crippen LogP contribution in [0.2, 0.25) is 4.34 Å². The van der Waals surface area contributed by atoms with Gasteiger partial charge in [-0.25, -0.2) is 4.79 Å². The van der Waals surface area contributed by atoms with Crippen molar-refractivity contribution in [1.29, 1.82) is 0 Å². The maximum absolute atomic E-state index is 13.3. The lowest BCUT2D eigenvalue weighted by atomic mass is 9.82. The van der Waals surface area contributed by atoms with Crippen LogP contribution >= 0.6 is 22.9 Å². The molecule has 1 saturated heterocycles. The van der Waals surface area contributed by atoms with Crippen LogP contribution in [0.3, 0.4) is 0 Å². The van der Waals surface area contributed by atoms with Gasteiger partial charge in [0.15, 0.2) is 12.2 Å². The van der Waals surface area contributed by atoms with Crippen LogP contribution in [0.1, 0.15) is 41.1 Å². The van der Waals surface area contributed by atoms with Gasteiger partial charge in [-0.2, -0.15) is 0 Å². The number of hydrazine groups is 1. The number of rotatable bonds is 9. The average Bonchev–Trinajstić information content (AvgIpc) is 3.63. The Labute approximate surface area is 235 Å². The van der Waals surface area contributed by atoms with E-state index in [9.17, 15) is 19.2 Å². The second-order valence-electron chi connectivity index (χ2n) is 9.48. The van der Waals surface area contributed by atoms with Crippen LogP contribution in [0.15, 0.2) is 54.6 Å². The molecule has 5 atom stereocenters. The molecule has 3 N–H and O–H groups in total. The summed E-state index contributed by atoms with van der Waals surface area (Å²) in [6, 6.07) is 10.8. The monoisotopic (exact) mass is 571 g/mol. The predicted molar refractivity (Wildman–Crippen MR) is 148 cm³/mol. The SMILES string of the molecule is COC(=O)C1OC1C(=O)NNC(=O)CCc1ccccc1C(=O)N[C@H](C)C1C=C(c2ccc(Cl)s2)C=CC1C. The maximum Gasteiger partial charge on any atom is 0.338 e. The van der Waals surface area contributed by atoms with Gasteiger partial charge in [-0.05, 0) is 48.6 Å². The van der Waals surface area contributed by atoms with Gasteiger partial charge < -0.3 is 14.8 Å². The first-order chi connectivity index (χ1) is 18.7. The normalized spacial score (nSPS) is 22.3. The van der Waals surface area contributed by atoms with Gasteiger partial charge in [-0.1, -0.05) is 55.0 Å². The summed E-state index contributed by atoms with van der Waals surface area (Å²) in [6.07, 6.45) is 4.80. The van der Waals surface area contributed by atoms with Crippen molar-refractivity contribution in [1.82, 2.24) is 16.2 Å². The molecule has 2 heterocycles. The van der Waals surface area contributed by atoms with Crippen molar-refractivity contribution in [2.45, 2.75) is 44.9 Å². The summed E-state index contributed by atoms with van der Waals surface area (Å²) in [4.78, 5) is 50.0. The van der Waals surface area contributed by atoms with Gasteiger partial charge in [-0.3, -0.25) is 25.2 Å². The fourth-order valence-corrected chi connectivity index (χ4v) is 5.54. The minimum atomic E-state index is -0.986. The fraction of sp³-hybridized carbons (Fsp3) is 0.357. The third-order valence-corrected chi connectivity index (χ3v) is 8.02. The number of halogens is 1. The highest BCUT2D eigenvalue weighted by Crippen LogP contribution is 2.35. The van der Waals surface area contributed by atoms with Gasteiger partial charge in [-0.15, -0.1) is 11.3 Å². The number of aryl methyl sites for hydroxylation is 1. The number of benzene rings is 1. The molecule has 1 aliphatic heterocycles. The first kappa shape index (κ1) is 28.5. The molecular formula is C28H30ClN3O6S. The van der Waals surface area contributed by atoms with E-state index in [1.54, 1.807) is 18.2 Å². The summed E-state index contributed by atoms with van der Waals surface area (Å²) in [5, 5.41) is 3.13. The van der Waals surface area contributed by atoms with Gasteiger partial charge in [0.25, 0.3) is 11.8 Å². The van der Waals surface area contributed by atoms with Crippen molar-refractivity contribution >= 4 is 52.2 Å². The van der Waals surface area contributed by atoms with Crippen molar-refractivity contribution in [3.63, 3.8) is 0 Å². The van der Waals surface area contributed by atoms with Gasteiger partial charge in [0, 0.05) is 28.8 Å². The first-order valence-electron chi connectivity index (χ1n) is 12.5. The lowest BCUT2D eigenvalue weighted by Gasteiger charge is -2.29. The highest BCUT2D eigenvalue weighted by Gasteiger charge is 2.51. The van der Waals surface area contributed by atoms with Crippen LogP contribution in [0.5, 0.6) is 0 Å². The molecule has 9 nitrogen and oxygen atoms in total. The fourth-order valence-electron chi connectivity index (χ4n) is 4.49. The molecule has 0 saturated carbocycles. The zero-order valence-corrected chi connectivity index (χ0v) is 23.3. The Morgan fingerprint density at radius 1 is 1.10 bits per heavy atom. The molecule has 2 aliphatic rings. The molecular weight excluding hydrogens is 542 g/mol. The number of amides is 3. The van der Waals surface area contributed by atoms with Crippen LogP contribution in [-0.4, -0.2) is 49.1 Å². The van der Waals surface area contributed by atoms with Crippen LogP contribution in [0.4, 0.5) is 0 Å². The Kier molecular flexibility index (Phi) is 9.21. The van der Waals surface area contributed by atoms with Crippen molar-refractivity contribution in [2.75, 3.05) is 7.11 Å². The van der Waals surface area contributed by atoms with E-state index >= 15 is 0 Å². The molecule has 1 aromatic carbocycles. The van der Waals surface area contributed by atoms with E-state index in [0.717, 1.165) is 14.8 Å². The van der Waals surface area contributed by atoms with Gasteiger partial charge >= 0.3 is 5.97 Å². The van der Waals surface area contributed by atoms with Crippen molar-refractivity contribution in [3.8, 4) is 0 Å². The van der Waals surface area contributed by atoms with Crippen LogP contribution in [-0.2, 0) is 30.3 Å². The number of hydrogen-bond acceptors (Lipinski definition) is 7. The topological polar surface area (TPSA) is 126 Å². The second kappa shape index (κ2) is 12.6. The van der Waals surface area contributed by atoms with E-state index in [4.69, 9.17) is 16.3 Å². The Bertz CT molecular complexity index is 1320. The summed E-state index contributed by atoms with van der Waals surface area (Å²) < 4.78 is 10.2. The third-order valence-electron chi connectivity index (χ3n) is 6.74. The molecule has 2 aromatic rings. The highest BCUT2D eigenvalue weighted by molar-refractivity contribution is 7.17. The zero-order valence-electron chi connectivity index (χ0n) is 21.7. The molecule has 1 aromatic heterocycles. The first-order valence-corrected chi connectivity index (χ1v) is 13.7. The smallest absolute Gasteiger partial charge is 0.338 e. The summed E-state index contributed by atoms with van der Waals surface area (Å²) in [6.45, 7) is 4.11. The number of allylic oxidation sites excluding steroid dienone is 3. The molecule has 0 bridgehead atoms. The summed E-state index contributed by atoms with van der Waals surface area (Å²) in [7, 11) is 1.20. The number of esters is 1. The minimum Gasteiger partial charge on any atom is -0.467 e. The van der Waals surface area contributed by atoms with E-state index in [-0.39, 0.29) is 36.6 Å². The molecule has 4 rings (SSSR count). The molecule has 206 valence electrons. The number of thiophene rings is 1. The third kappa shape index (κ3) is 7.14. The lowest BCUT2D eigenvalue weighted by molar-refractivity contribution is -0.142. The Morgan fingerprint density at radius 2 is 1.87 bits per heavy atom. The van der Waals surface area contributed by atoms with E-state index in [2.05, 4.69) is 46.1 Å². The van der Waals surface area contributed by atoms with E-state index < -0.39 is 30.0 Å². The summed E-state index contributed by atoms with van der Waals surface area (Å²) in [5.74, 6) is -1.63. The van der Waals surface area contributed by atoms with Crippen LogP contribution < -0.4 is 16.2 Å². The van der Waals surface area contributed by atoms with Crippen LogP contribution in [0, 0.1) is 11.8 Å². The molecule has 3 amide bonds. The molecule has 4 unspecified atom stereocenters. The number of epoxide rings is 1. The van der Waals surface area contributed by atoms with E-state index in [1.165, 1.54) is 18.4 Å². The highest BCUT2D eigenvalue weighted by atomic mass is 35.5. The number of ether oxygens (including phenoxy) is 2. The molecule has 39 heavy (non-hydrogen) atoms. The van der Waals surface area contributed by atoms with Gasteiger partial charge in [0.05, 0.1) is 11.4 Å². The molecule has 1 aliphatic carbocycles. The number of carbonyl (C=O) groups excluding carboxylic acids is 4. The lowest BCUT2D eigenvalue weighted by Crippen LogP contribution is -2.44. The summed E-state index contributed by atoms with van der Waals surface area (Å²) >= 11 is 7.64. The van der Waals surface area contributed by atoms with Gasteiger partial charge in [0.1, 0.15) is 0 Å². The van der Waals surface area contributed by atoms with Crippen LogP contribution in [0.25, 0.3) is 5.57 Å². The summed E-state index contributed by atoms with van der Waals surface area (Å²) in [5.41, 5.74) is 6.83. The zero-order chi connectivity index (χ0) is 28.1. The van der Waals surface area contributed by atoms with Crippen molar-refractivity contribution in [3.05, 3.63) is 75.0 Å². The predicted octanol–water partition coefficient (Wildman–Crippen LogP) is 3.45. The van der Waals surface area contributed by atoms with Gasteiger partial charge in [0.2, 0.25) is 5.91 Å². The quantitative estimate of drug-likeness (QED) is 0.240. The molecule has 1 fully saturated rings. The van der Waals surface area contributed by atoms with Crippen molar-refractivity contribution < 1.29 is 28.7 Å². The van der Waals surface area contributed by atoms with E-state index in [0.29, 0.717) is 11.1 Å². The number of hydrogen-bond donors (Lipinski definition) is 3. The molecule has 0 radical (unpaired) electrons. The average molecular weight is 572 g/mol.